The van der Waals surface area contributed by atoms with Crippen LogP contribution in [-0.4, -0.2) is 92.9 Å². The number of carbonyl (C=O) groups excluding carboxylic acids is 4. The molecule has 3 N–H and O–H groups in total. The van der Waals surface area contributed by atoms with Crippen molar-refractivity contribution in [3.63, 3.8) is 0 Å². The zero-order valence-electron chi connectivity index (χ0n) is 22.3. The number of hydrogen-bond acceptors (Lipinski definition) is 16. The Labute approximate surface area is 252 Å². The summed E-state index contributed by atoms with van der Waals surface area (Å²) in [4.78, 5) is 61.8. The van der Waals surface area contributed by atoms with Crippen LogP contribution in [0.1, 0.15) is 38.3 Å². The monoisotopic (exact) mass is 643 g/mol. The molecule has 4 rings (SSSR count). The first-order valence-electron chi connectivity index (χ1n) is 12.5. The van der Waals surface area contributed by atoms with Crippen LogP contribution in [0.15, 0.2) is 20.4 Å². The molecule has 0 saturated carbocycles. The third-order valence-electron chi connectivity index (χ3n) is 6.23. The number of β-lactam (4-membered cyclic amide) rings is 1. The summed E-state index contributed by atoms with van der Waals surface area (Å²) >= 11 is 5.16. The lowest BCUT2D eigenvalue weighted by molar-refractivity contribution is -0.176. The van der Waals surface area contributed by atoms with Crippen molar-refractivity contribution in [1.29, 1.82) is 0 Å². The first-order valence-corrected chi connectivity index (χ1v) is 16.3. The van der Waals surface area contributed by atoms with Gasteiger partial charge in [-0.1, -0.05) is 48.0 Å². The molecule has 0 radical (unpaired) electrons. The van der Waals surface area contributed by atoms with Crippen molar-refractivity contribution in [2.24, 2.45) is 10.6 Å². The van der Waals surface area contributed by atoms with E-state index in [4.69, 9.17) is 20.0 Å². The van der Waals surface area contributed by atoms with Crippen molar-refractivity contribution in [3.05, 3.63) is 16.6 Å². The summed E-state index contributed by atoms with van der Waals surface area (Å²) in [5.74, 6) is -1.45. The van der Waals surface area contributed by atoms with Gasteiger partial charge in [0.2, 0.25) is 12.7 Å². The normalized spacial score (nSPS) is 22.0. The Hall–Kier alpha value is -2.96. The Kier molecular flexibility index (Phi) is 10.8. The Bertz CT molecular complexity index is 1270. The second kappa shape index (κ2) is 14.3. The van der Waals surface area contributed by atoms with Crippen LogP contribution in [0.3, 0.4) is 0 Å². The van der Waals surface area contributed by atoms with Gasteiger partial charge < -0.3 is 30.3 Å². The van der Waals surface area contributed by atoms with Gasteiger partial charge in [0.05, 0.1) is 0 Å². The highest BCUT2D eigenvalue weighted by atomic mass is 32.2. The van der Waals surface area contributed by atoms with Crippen molar-refractivity contribution in [2.75, 3.05) is 37.7 Å². The number of fused-ring (bicyclic) bond motifs is 1. The molecule has 0 aliphatic carbocycles. The molecule has 3 atom stereocenters. The van der Waals surface area contributed by atoms with E-state index in [9.17, 15) is 19.2 Å². The van der Waals surface area contributed by atoms with Crippen molar-refractivity contribution < 1.29 is 33.5 Å². The Morgan fingerprint density at radius 3 is 2.80 bits per heavy atom. The number of nitrogens with zero attached hydrogens (tertiary/aromatic N) is 5. The van der Waals surface area contributed by atoms with E-state index in [-0.39, 0.29) is 41.2 Å². The summed E-state index contributed by atoms with van der Waals surface area (Å²) in [5.41, 5.74) is 6.29. The number of nitrogens with two attached hydrogens (primary N) is 1. The van der Waals surface area contributed by atoms with E-state index in [2.05, 4.69) is 25.7 Å². The van der Waals surface area contributed by atoms with Crippen LogP contribution in [0.4, 0.5) is 5.13 Å². The minimum atomic E-state index is -1.10. The summed E-state index contributed by atoms with van der Waals surface area (Å²) in [5, 5.41) is 15.7. The Morgan fingerprint density at radius 1 is 1.29 bits per heavy atom. The van der Waals surface area contributed by atoms with Gasteiger partial charge in [-0.2, -0.15) is 0 Å². The highest BCUT2D eigenvalue weighted by Crippen LogP contribution is 2.45. The second-order valence-corrected chi connectivity index (χ2v) is 13.2. The van der Waals surface area contributed by atoms with Crippen LogP contribution in [-0.2, 0) is 33.5 Å². The first kappa shape index (κ1) is 31.0. The lowest BCUT2D eigenvalue weighted by Crippen LogP contribution is -2.74. The molecule has 14 nitrogen and oxygen atoms in total. The third kappa shape index (κ3) is 7.47. The molecular weight excluding hydrogens is 615 g/mol. The maximum absolute atomic E-state index is 13.4. The first-order chi connectivity index (χ1) is 19.8. The highest BCUT2D eigenvalue weighted by molar-refractivity contribution is 8.01. The average molecular weight is 644 g/mol. The molecule has 2 fully saturated rings. The fraction of sp³-hybridized carbons (Fsp3) is 0.565. The number of nitrogen functional groups attached to an aromatic ring is 1. The van der Waals surface area contributed by atoms with Gasteiger partial charge in [-0.25, -0.2) is 4.98 Å². The number of nitrogens with one attached hydrogen (secondary N) is 1. The zero-order valence-corrected chi connectivity index (χ0v) is 25.5. The van der Waals surface area contributed by atoms with Gasteiger partial charge in [0.15, 0.2) is 15.2 Å². The van der Waals surface area contributed by atoms with Crippen LogP contribution >= 0.6 is 46.2 Å². The van der Waals surface area contributed by atoms with Crippen molar-refractivity contribution in [3.8, 4) is 0 Å². The van der Waals surface area contributed by atoms with E-state index in [1.807, 2.05) is 6.92 Å². The number of carbonyl (C=O) groups is 4. The topological polar surface area (TPSA) is 188 Å². The third-order valence-corrected chi connectivity index (χ3v) is 10.6. The van der Waals surface area contributed by atoms with Crippen LogP contribution in [0, 0.1) is 5.41 Å². The number of anilines is 1. The second-order valence-electron chi connectivity index (χ2n) is 9.11. The van der Waals surface area contributed by atoms with E-state index in [0.717, 1.165) is 24.2 Å². The maximum atomic E-state index is 13.4. The lowest BCUT2D eigenvalue weighted by Gasteiger charge is -2.54. The summed E-state index contributed by atoms with van der Waals surface area (Å²) in [6, 6.07) is -0.834. The molecule has 0 spiro atoms. The summed E-state index contributed by atoms with van der Waals surface area (Å²) in [6.07, 6.45) is 2.83. The van der Waals surface area contributed by atoms with Crippen LogP contribution in [0.2, 0.25) is 0 Å². The molecule has 2 aromatic rings. The fourth-order valence-corrected chi connectivity index (χ4v) is 8.00. The minimum absolute atomic E-state index is 0.0621. The Morgan fingerprint density at radius 2 is 2.12 bits per heavy atom. The van der Waals surface area contributed by atoms with Crippen LogP contribution in [0.5, 0.6) is 0 Å². The number of unbranched alkanes of at least 4 members (excludes halogenated alkanes) is 2. The largest absolute Gasteiger partial charge is 0.428 e. The number of hydrogen-bond donors (Lipinski definition) is 2. The molecule has 2 aliphatic heterocycles. The molecule has 18 heteroatoms. The van der Waals surface area contributed by atoms with E-state index in [1.54, 1.807) is 10.9 Å². The number of esters is 2. The Balaban J connectivity index is 1.39. The van der Waals surface area contributed by atoms with Gasteiger partial charge in [0, 0.05) is 29.9 Å². The molecule has 41 heavy (non-hydrogen) atoms. The van der Waals surface area contributed by atoms with Gasteiger partial charge in [0.25, 0.3) is 5.91 Å². The van der Waals surface area contributed by atoms with Gasteiger partial charge in [-0.05, 0) is 6.42 Å². The molecule has 2 amide bonds. The molecule has 2 aliphatic rings. The van der Waals surface area contributed by atoms with Gasteiger partial charge in [0.1, 0.15) is 35.1 Å². The van der Waals surface area contributed by atoms with Crippen molar-refractivity contribution >= 4 is 80.8 Å². The molecule has 4 heterocycles. The number of rotatable bonds is 14. The van der Waals surface area contributed by atoms with Crippen molar-refractivity contribution in [1.82, 2.24) is 25.4 Å². The number of thioether (sulfide) groups is 2. The van der Waals surface area contributed by atoms with Gasteiger partial charge in [-0.15, -0.1) is 33.3 Å². The van der Waals surface area contributed by atoms with Crippen LogP contribution < -0.4 is 11.1 Å². The van der Waals surface area contributed by atoms with Crippen LogP contribution in [0.25, 0.3) is 0 Å². The van der Waals surface area contributed by atoms with E-state index < -0.39 is 41.5 Å². The number of thiazole rings is 1. The maximum Gasteiger partial charge on any atom is 0.318 e. The molecule has 2 aromatic heterocycles. The predicted octanol–water partition coefficient (Wildman–Crippen LogP) is 1.73. The number of amides is 2. The molecule has 222 valence electrons. The smallest absolute Gasteiger partial charge is 0.318 e. The van der Waals surface area contributed by atoms with Gasteiger partial charge >= 0.3 is 11.9 Å². The SMILES string of the molecule is CCCCCC(=O)OCOC(=O)C1(CSc2nncs2)CS[C@@H]2C(NC(=O)C(=NOC)c3csc(N)n3)C(=O)N2C1. The van der Waals surface area contributed by atoms with Gasteiger partial charge in [-0.3, -0.25) is 19.2 Å². The molecule has 0 aromatic carbocycles. The average Bonchev–Trinajstić information content (AvgIpc) is 3.65. The zero-order chi connectivity index (χ0) is 29.4. The fourth-order valence-electron chi connectivity index (χ4n) is 4.12. The molecule has 0 bridgehead atoms. The van der Waals surface area contributed by atoms with E-state index in [1.165, 1.54) is 46.9 Å². The summed E-state index contributed by atoms with van der Waals surface area (Å²) < 4.78 is 11.1. The lowest BCUT2D eigenvalue weighted by atomic mass is 9.89. The molecule has 2 unspecified atom stereocenters. The quantitative estimate of drug-likeness (QED) is 0.0577. The number of ether oxygens (including phenoxy) is 2. The summed E-state index contributed by atoms with van der Waals surface area (Å²) in [6.45, 7) is 1.59. The minimum Gasteiger partial charge on any atom is -0.428 e. The predicted molar refractivity (Wildman–Crippen MR) is 154 cm³/mol. The van der Waals surface area contributed by atoms with E-state index >= 15 is 0 Å². The molecule has 2 saturated heterocycles. The standard InChI is InChI=1S/C23H29N7O7S4/c1-3-4-5-6-14(31)36-12-37-20(34)23(10-40-22-28-25-11-41-22)8-30-18(33)16(19(30)39-9-23)27-17(32)15(29-35-2)13-7-38-21(24)26-13/h7,11,16,19H,3-6,8-10,12H2,1-2H3,(H2,24,26)(H,27,32)/t16?,19-,23?/m1/s1. The molecular formula is C23H29N7O7S4. The number of aromatic nitrogens is 3. The van der Waals surface area contributed by atoms with E-state index in [0.29, 0.717) is 16.5 Å². The number of oxime groups is 1. The van der Waals surface area contributed by atoms with Crippen molar-refractivity contribution in [2.45, 2.75) is 48.4 Å². The highest BCUT2D eigenvalue weighted by Gasteiger charge is 2.58. The summed E-state index contributed by atoms with van der Waals surface area (Å²) in [7, 11) is 1.29.